The molecule has 0 saturated carbocycles. The van der Waals surface area contributed by atoms with E-state index in [-0.39, 0.29) is 19.6 Å². The van der Waals surface area contributed by atoms with Crippen LogP contribution in [0.3, 0.4) is 0 Å². The van der Waals surface area contributed by atoms with Gasteiger partial charge in [-0.3, -0.25) is 0 Å². The van der Waals surface area contributed by atoms with Crippen molar-refractivity contribution in [2.45, 2.75) is 54.4 Å². The van der Waals surface area contributed by atoms with E-state index in [1.807, 2.05) is 0 Å². The molecular formula is C14H32N2O4. The number of carbonyl (C=O) groups excluding carboxylic acids is 2. The summed E-state index contributed by atoms with van der Waals surface area (Å²) in [5, 5.41) is 4.98. The normalized spacial score (nSPS) is 14.8. The fourth-order valence-corrected chi connectivity index (χ4v) is 0.826. The first-order valence-corrected chi connectivity index (χ1v) is 6.93. The summed E-state index contributed by atoms with van der Waals surface area (Å²) >= 11 is 0. The summed E-state index contributed by atoms with van der Waals surface area (Å²) in [5.41, 5.74) is 0. The zero-order chi connectivity index (χ0) is 14.9. The Kier molecular flexibility index (Phi) is 23.5. The smallest absolute Gasteiger partial charge is 0.407 e. The van der Waals surface area contributed by atoms with Gasteiger partial charge in [-0.15, -0.1) is 0 Å². The van der Waals surface area contributed by atoms with Crippen LogP contribution in [-0.4, -0.2) is 38.5 Å². The number of nitrogens with one attached hydrogen (secondary N) is 2. The van der Waals surface area contributed by atoms with Crippen LogP contribution in [0.25, 0.3) is 0 Å². The summed E-state index contributed by atoms with van der Waals surface area (Å²) < 4.78 is 8.93. The topological polar surface area (TPSA) is 76.7 Å². The zero-order valence-corrected chi connectivity index (χ0v) is 12.6. The summed E-state index contributed by atoms with van der Waals surface area (Å²) in [6, 6.07) is 0. The van der Waals surface area contributed by atoms with Gasteiger partial charge in [0.2, 0.25) is 0 Å². The van der Waals surface area contributed by atoms with Gasteiger partial charge >= 0.3 is 12.2 Å². The molecule has 6 nitrogen and oxygen atoms in total. The highest BCUT2D eigenvalue weighted by atomic mass is 16.6. The minimum absolute atomic E-state index is 0. The first-order valence-electron chi connectivity index (χ1n) is 6.93. The molecule has 0 radical (unpaired) electrons. The molecule has 2 aliphatic rings. The van der Waals surface area contributed by atoms with Crippen molar-refractivity contribution in [3.8, 4) is 0 Å². The molecule has 0 aromatic rings. The molecule has 2 N–H and O–H groups in total. The van der Waals surface area contributed by atoms with Crippen molar-refractivity contribution >= 4 is 12.2 Å². The number of rotatable bonds is 0. The van der Waals surface area contributed by atoms with Crippen molar-refractivity contribution in [2.75, 3.05) is 26.3 Å². The molecule has 6 heteroatoms. The maximum atomic E-state index is 10.1. The molecule has 0 unspecified atom stereocenters. The molecule has 0 atom stereocenters. The fraction of sp³-hybridized carbons (Fsp3) is 0.857. The van der Waals surface area contributed by atoms with Gasteiger partial charge in [-0.1, -0.05) is 48.0 Å². The molecule has 20 heavy (non-hydrogen) atoms. The van der Waals surface area contributed by atoms with Crippen LogP contribution in [-0.2, 0) is 9.47 Å². The quantitative estimate of drug-likeness (QED) is 0.718. The van der Waals surface area contributed by atoms with Gasteiger partial charge in [-0.25, -0.2) is 9.59 Å². The lowest BCUT2D eigenvalue weighted by atomic mass is 10.4. The average Bonchev–Trinajstić information content (AvgIpc) is 2.84. The van der Waals surface area contributed by atoms with Crippen LogP contribution in [0.4, 0.5) is 9.59 Å². The third-order valence-electron chi connectivity index (χ3n) is 1.43. The number of hydrogen-bond acceptors (Lipinski definition) is 4. The average molecular weight is 292 g/mol. The Labute approximate surface area is 123 Å². The van der Waals surface area contributed by atoms with E-state index in [0.29, 0.717) is 19.8 Å². The number of amides is 2. The zero-order valence-electron chi connectivity index (χ0n) is 12.6. The second-order valence-electron chi connectivity index (χ2n) is 3.89. The van der Waals surface area contributed by atoms with Gasteiger partial charge < -0.3 is 20.1 Å². The van der Waals surface area contributed by atoms with Crippen molar-refractivity contribution in [3.63, 3.8) is 0 Å². The molecule has 2 heterocycles. The summed E-state index contributed by atoms with van der Waals surface area (Å²) in [6.45, 7) is 11.0. The Morgan fingerprint density at radius 1 is 0.850 bits per heavy atom. The summed E-state index contributed by atoms with van der Waals surface area (Å²) in [5.74, 6) is 0. The van der Waals surface area contributed by atoms with E-state index in [9.17, 15) is 9.59 Å². The SMILES string of the molecule is C.CCC.CCC.O=C1NCCCO1.O=C1NCCO1. The highest BCUT2D eigenvalue weighted by Crippen LogP contribution is 1.88. The van der Waals surface area contributed by atoms with Crippen LogP contribution in [0.15, 0.2) is 0 Å². The van der Waals surface area contributed by atoms with E-state index >= 15 is 0 Å². The molecular weight excluding hydrogens is 260 g/mol. The van der Waals surface area contributed by atoms with E-state index < -0.39 is 0 Å². The van der Waals surface area contributed by atoms with Gasteiger partial charge in [-0.2, -0.15) is 0 Å². The molecule has 0 bridgehead atoms. The lowest BCUT2D eigenvalue weighted by molar-refractivity contribution is 0.129. The highest BCUT2D eigenvalue weighted by molar-refractivity contribution is 5.68. The number of ether oxygens (including phenoxy) is 2. The molecule has 122 valence electrons. The minimum atomic E-state index is -0.296. The van der Waals surface area contributed by atoms with E-state index in [0.717, 1.165) is 13.0 Å². The predicted octanol–water partition coefficient (Wildman–Crippen LogP) is 3.31. The van der Waals surface area contributed by atoms with Crippen molar-refractivity contribution in [2.24, 2.45) is 0 Å². The van der Waals surface area contributed by atoms with Crippen molar-refractivity contribution in [3.05, 3.63) is 0 Å². The lowest BCUT2D eigenvalue weighted by Gasteiger charge is -2.10. The first kappa shape index (κ1) is 23.6. The van der Waals surface area contributed by atoms with Gasteiger partial charge in [0.25, 0.3) is 0 Å². The monoisotopic (exact) mass is 292 g/mol. The maximum Gasteiger partial charge on any atom is 0.407 e. The molecule has 2 aliphatic heterocycles. The second kappa shape index (κ2) is 19.9. The molecule has 2 fully saturated rings. The second-order valence-corrected chi connectivity index (χ2v) is 3.89. The fourth-order valence-electron chi connectivity index (χ4n) is 0.826. The Hall–Kier alpha value is -1.46. The molecule has 2 rings (SSSR count). The van der Waals surface area contributed by atoms with Crippen LogP contribution in [0.1, 0.15) is 54.4 Å². The van der Waals surface area contributed by atoms with Gasteiger partial charge in [-0.05, 0) is 6.42 Å². The minimum Gasteiger partial charge on any atom is -0.449 e. The molecule has 0 aromatic carbocycles. The summed E-state index contributed by atoms with van der Waals surface area (Å²) in [4.78, 5) is 20.0. The van der Waals surface area contributed by atoms with E-state index in [1.54, 1.807) is 0 Å². The van der Waals surface area contributed by atoms with Crippen LogP contribution in [0.5, 0.6) is 0 Å². The number of carbonyl (C=O) groups is 2. The van der Waals surface area contributed by atoms with Crippen LogP contribution >= 0.6 is 0 Å². The molecule has 2 saturated heterocycles. The summed E-state index contributed by atoms with van der Waals surface area (Å²) in [6.07, 6.45) is 2.85. The van der Waals surface area contributed by atoms with Crippen LogP contribution in [0, 0.1) is 0 Å². The summed E-state index contributed by atoms with van der Waals surface area (Å²) in [7, 11) is 0. The largest absolute Gasteiger partial charge is 0.449 e. The Balaban J connectivity index is -0.000000204. The third-order valence-corrected chi connectivity index (χ3v) is 1.43. The predicted molar refractivity (Wildman–Crippen MR) is 82.0 cm³/mol. The molecule has 0 spiro atoms. The number of hydrogen-bond donors (Lipinski definition) is 2. The Morgan fingerprint density at radius 2 is 1.25 bits per heavy atom. The van der Waals surface area contributed by atoms with Gasteiger partial charge in [0, 0.05) is 6.54 Å². The molecule has 2 amide bonds. The van der Waals surface area contributed by atoms with Gasteiger partial charge in [0.05, 0.1) is 13.2 Å². The Morgan fingerprint density at radius 3 is 1.40 bits per heavy atom. The molecule has 0 aliphatic carbocycles. The first-order chi connectivity index (χ1) is 9.12. The van der Waals surface area contributed by atoms with Crippen LogP contribution in [0.2, 0.25) is 0 Å². The van der Waals surface area contributed by atoms with E-state index in [1.165, 1.54) is 12.8 Å². The van der Waals surface area contributed by atoms with Crippen molar-refractivity contribution in [1.82, 2.24) is 10.6 Å². The van der Waals surface area contributed by atoms with E-state index in [4.69, 9.17) is 0 Å². The van der Waals surface area contributed by atoms with Crippen molar-refractivity contribution in [1.29, 1.82) is 0 Å². The standard InChI is InChI=1S/C4H7NO2.C3H5NO2.2C3H8.CH4/c6-4-5-2-1-3-7-4;5-3-4-1-2-6-3;2*1-3-2;/h1-3H2,(H,5,6);1-2H2,(H,4,5);2*3H2,1-2H3;1H4. The Bertz CT molecular complexity index is 205. The number of alkyl carbamates (subject to hydrolysis) is 2. The number of cyclic esters (lactones) is 2. The maximum absolute atomic E-state index is 10.1. The lowest BCUT2D eigenvalue weighted by Crippen LogP contribution is -2.31. The van der Waals surface area contributed by atoms with Gasteiger partial charge in [0.15, 0.2) is 0 Å². The van der Waals surface area contributed by atoms with Gasteiger partial charge in [0.1, 0.15) is 6.61 Å². The van der Waals surface area contributed by atoms with E-state index in [2.05, 4.69) is 47.8 Å². The third kappa shape index (κ3) is 21.8. The molecule has 0 aromatic heterocycles. The highest BCUT2D eigenvalue weighted by Gasteiger charge is 2.06. The van der Waals surface area contributed by atoms with Crippen LogP contribution < -0.4 is 10.6 Å². The van der Waals surface area contributed by atoms with Crippen molar-refractivity contribution < 1.29 is 19.1 Å².